The molecule has 0 unspecified atom stereocenters. The van der Waals surface area contributed by atoms with Crippen molar-refractivity contribution in [3.05, 3.63) is 59.7 Å². The number of anilines is 1. The fourth-order valence-corrected chi connectivity index (χ4v) is 3.14. The van der Waals surface area contributed by atoms with E-state index in [4.69, 9.17) is 4.74 Å². The zero-order valence-electron chi connectivity index (χ0n) is 15.9. The van der Waals surface area contributed by atoms with Crippen molar-refractivity contribution in [3.8, 4) is 5.75 Å². The third kappa shape index (κ3) is 5.09. The number of piperidine rings is 1. The van der Waals surface area contributed by atoms with E-state index in [1.54, 1.807) is 48.5 Å². The van der Waals surface area contributed by atoms with Crippen molar-refractivity contribution < 1.29 is 14.3 Å². The molecule has 0 atom stereocenters. The molecular weight excluding hydrogens is 340 g/mol. The number of likely N-dealkylation sites (tertiary alicyclic amines) is 1. The van der Waals surface area contributed by atoms with Crippen LogP contribution in [0.1, 0.15) is 53.8 Å². The van der Waals surface area contributed by atoms with Crippen LogP contribution in [0.25, 0.3) is 0 Å². The number of rotatable bonds is 5. The number of hydrogen-bond acceptors (Lipinski definition) is 3. The molecule has 1 N–H and O–H groups in total. The van der Waals surface area contributed by atoms with Crippen molar-refractivity contribution in [2.45, 2.75) is 39.2 Å². The average Bonchev–Trinajstić information content (AvgIpc) is 2.69. The maximum absolute atomic E-state index is 12.5. The van der Waals surface area contributed by atoms with Crippen LogP contribution >= 0.6 is 0 Å². The van der Waals surface area contributed by atoms with Crippen LogP contribution in [0, 0.1) is 0 Å². The minimum Gasteiger partial charge on any atom is -0.491 e. The lowest BCUT2D eigenvalue weighted by Crippen LogP contribution is -2.35. The fraction of sp³-hybridized carbons (Fsp3) is 0.364. The zero-order chi connectivity index (χ0) is 19.2. The molecule has 1 aliphatic heterocycles. The monoisotopic (exact) mass is 366 g/mol. The van der Waals surface area contributed by atoms with Gasteiger partial charge in [-0.3, -0.25) is 9.59 Å². The van der Waals surface area contributed by atoms with Crippen LogP contribution in [-0.4, -0.2) is 35.9 Å². The third-order valence-corrected chi connectivity index (χ3v) is 4.52. The van der Waals surface area contributed by atoms with Gasteiger partial charge in [0.05, 0.1) is 6.10 Å². The van der Waals surface area contributed by atoms with Crippen molar-refractivity contribution in [2.24, 2.45) is 0 Å². The normalized spacial score (nSPS) is 14.1. The van der Waals surface area contributed by atoms with Crippen LogP contribution in [-0.2, 0) is 0 Å². The maximum Gasteiger partial charge on any atom is 0.255 e. The highest BCUT2D eigenvalue weighted by atomic mass is 16.5. The summed E-state index contributed by atoms with van der Waals surface area (Å²) >= 11 is 0. The van der Waals surface area contributed by atoms with E-state index in [-0.39, 0.29) is 17.9 Å². The van der Waals surface area contributed by atoms with Gasteiger partial charge in [-0.05, 0) is 81.6 Å². The Morgan fingerprint density at radius 3 is 2.07 bits per heavy atom. The Kier molecular flexibility index (Phi) is 6.12. The molecule has 2 amide bonds. The first kappa shape index (κ1) is 19.0. The Morgan fingerprint density at radius 2 is 1.48 bits per heavy atom. The standard InChI is InChI=1S/C22H26N2O3/c1-16(2)27-20-12-8-17(9-13-20)21(25)23-19-10-6-18(7-11-19)22(26)24-14-4-3-5-15-24/h6-13,16H,3-5,14-15H2,1-2H3,(H,23,25). The first-order valence-corrected chi connectivity index (χ1v) is 9.50. The lowest BCUT2D eigenvalue weighted by Gasteiger charge is -2.26. The van der Waals surface area contributed by atoms with E-state index in [9.17, 15) is 9.59 Å². The van der Waals surface area contributed by atoms with E-state index in [0.717, 1.165) is 31.7 Å². The molecule has 0 spiro atoms. The predicted molar refractivity (Wildman–Crippen MR) is 106 cm³/mol. The summed E-state index contributed by atoms with van der Waals surface area (Å²) in [6, 6.07) is 14.1. The molecule has 27 heavy (non-hydrogen) atoms. The molecule has 2 aromatic rings. The van der Waals surface area contributed by atoms with Gasteiger partial charge in [0.2, 0.25) is 0 Å². The van der Waals surface area contributed by atoms with E-state index >= 15 is 0 Å². The van der Waals surface area contributed by atoms with Crippen molar-refractivity contribution in [1.82, 2.24) is 4.90 Å². The number of hydrogen-bond donors (Lipinski definition) is 1. The number of ether oxygens (including phenoxy) is 1. The summed E-state index contributed by atoms with van der Waals surface area (Å²) in [5.41, 5.74) is 1.88. The summed E-state index contributed by atoms with van der Waals surface area (Å²) in [5.74, 6) is 0.608. The number of nitrogens with one attached hydrogen (secondary N) is 1. The third-order valence-electron chi connectivity index (χ3n) is 4.52. The molecule has 5 nitrogen and oxygen atoms in total. The van der Waals surface area contributed by atoms with Crippen LogP contribution in [0.3, 0.4) is 0 Å². The lowest BCUT2D eigenvalue weighted by molar-refractivity contribution is 0.0724. The topological polar surface area (TPSA) is 58.6 Å². The van der Waals surface area contributed by atoms with Crippen LogP contribution < -0.4 is 10.1 Å². The number of carbonyl (C=O) groups excluding carboxylic acids is 2. The van der Waals surface area contributed by atoms with Gasteiger partial charge in [0.1, 0.15) is 5.75 Å². The second-order valence-electron chi connectivity index (χ2n) is 7.08. The minimum absolute atomic E-state index is 0.0633. The Bertz CT molecular complexity index is 776. The molecule has 0 bridgehead atoms. The first-order chi connectivity index (χ1) is 13.0. The van der Waals surface area contributed by atoms with Gasteiger partial charge < -0.3 is 15.0 Å². The van der Waals surface area contributed by atoms with Crippen LogP contribution in [0.2, 0.25) is 0 Å². The maximum atomic E-state index is 12.5. The zero-order valence-corrected chi connectivity index (χ0v) is 15.9. The first-order valence-electron chi connectivity index (χ1n) is 9.50. The van der Waals surface area contributed by atoms with Crippen molar-refractivity contribution in [1.29, 1.82) is 0 Å². The summed E-state index contributed by atoms with van der Waals surface area (Å²) in [5, 5.41) is 2.86. The van der Waals surface area contributed by atoms with Crippen molar-refractivity contribution >= 4 is 17.5 Å². The summed E-state index contributed by atoms with van der Waals surface area (Å²) in [7, 11) is 0. The highest BCUT2D eigenvalue weighted by Gasteiger charge is 2.18. The molecule has 0 aliphatic carbocycles. The number of nitrogens with zero attached hydrogens (tertiary/aromatic N) is 1. The predicted octanol–water partition coefficient (Wildman–Crippen LogP) is 4.35. The molecule has 5 heteroatoms. The molecule has 1 aliphatic rings. The molecule has 3 rings (SSSR count). The van der Waals surface area contributed by atoms with E-state index in [1.165, 1.54) is 6.42 Å². The van der Waals surface area contributed by atoms with Crippen LogP contribution in [0.5, 0.6) is 5.75 Å². The Hall–Kier alpha value is -2.82. The quantitative estimate of drug-likeness (QED) is 0.856. The molecule has 0 aromatic heterocycles. The highest BCUT2D eigenvalue weighted by molar-refractivity contribution is 6.04. The van der Waals surface area contributed by atoms with Gasteiger partial charge in [-0.2, -0.15) is 0 Å². The molecule has 1 heterocycles. The van der Waals surface area contributed by atoms with Crippen molar-refractivity contribution in [3.63, 3.8) is 0 Å². The van der Waals surface area contributed by atoms with Gasteiger partial charge in [0.25, 0.3) is 11.8 Å². The van der Waals surface area contributed by atoms with E-state index in [1.807, 2.05) is 18.7 Å². The smallest absolute Gasteiger partial charge is 0.255 e. The molecule has 1 saturated heterocycles. The summed E-state index contributed by atoms with van der Waals surface area (Å²) in [6.45, 7) is 5.57. The summed E-state index contributed by atoms with van der Waals surface area (Å²) < 4.78 is 5.59. The lowest BCUT2D eigenvalue weighted by atomic mass is 10.1. The van der Waals surface area contributed by atoms with E-state index in [0.29, 0.717) is 16.8 Å². The number of amides is 2. The summed E-state index contributed by atoms with van der Waals surface area (Å²) in [4.78, 5) is 26.8. The number of carbonyl (C=O) groups is 2. The van der Waals surface area contributed by atoms with Gasteiger partial charge in [0.15, 0.2) is 0 Å². The Morgan fingerprint density at radius 1 is 0.889 bits per heavy atom. The molecule has 0 saturated carbocycles. The molecule has 2 aromatic carbocycles. The molecule has 142 valence electrons. The molecular formula is C22H26N2O3. The average molecular weight is 366 g/mol. The minimum atomic E-state index is -0.193. The largest absolute Gasteiger partial charge is 0.491 e. The summed E-state index contributed by atoms with van der Waals surface area (Å²) in [6.07, 6.45) is 3.43. The molecule has 0 radical (unpaired) electrons. The van der Waals surface area contributed by atoms with E-state index < -0.39 is 0 Å². The van der Waals surface area contributed by atoms with Gasteiger partial charge in [-0.15, -0.1) is 0 Å². The van der Waals surface area contributed by atoms with Gasteiger partial charge in [-0.1, -0.05) is 0 Å². The van der Waals surface area contributed by atoms with Crippen LogP contribution in [0.15, 0.2) is 48.5 Å². The Labute approximate surface area is 160 Å². The SMILES string of the molecule is CC(C)Oc1ccc(C(=O)Nc2ccc(C(=O)N3CCCCC3)cc2)cc1. The highest BCUT2D eigenvalue weighted by Crippen LogP contribution is 2.18. The Balaban J connectivity index is 1.60. The second kappa shape index (κ2) is 8.71. The van der Waals surface area contributed by atoms with Gasteiger partial charge in [0, 0.05) is 29.9 Å². The second-order valence-corrected chi connectivity index (χ2v) is 7.08. The van der Waals surface area contributed by atoms with Crippen molar-refractivity contribution in [2.75, 3.05) is 18.4 Å². The molecule has 1 fully saturated rings. The van der Waals surface area contributed by atoms with E-state index in [2.05, 4.69) is 5.32 Å². The van der Waals surface area contributed by atoms with Gasteiger partial charge >= 0.3 is 0 Å². The fourth-order valence-electron chi connectivity index (χ4n) is 3.14. The van der Waals surface area contributed by atoms with Gasteiger partial charge in [-0.25, -0.2) is 0 Å². The van der Waals surface area contributed by atoms with Crippen LogP contribution in [0.4, 0.5) is 5.69 Å². The number of benzene rings is 2.